The molecule has 1 aliphatic rings. The van der Waals surface area contributed by atoms with Gasteiger partial charge in [-0.25, -0.2) is 0 Å². The van der Waals surface area contributed by atoms with Gasteiger partial charge in [-0.1, -0.05) is 18.2 Å². The number of benzene rings is 1. The Bertz CT molecular complexity index is 770. The van der Waals surface area contributed by atoms with Gasteiger partial charge in [0.25, 0.3) is 5.91 Å². The topological polar surface area (TPSA) is 73.2 Å². The monoisotopic (exact) mass is 353 g/mol. The van der Waals surface area contributed by atoms with Crippen molar-refractivity contribution >= 4 is 23.2 Å². The number of hydrogen-bond acceptors (Lipinski definition) is 4. The number of rotatable bonds is 4. The first-order chi connectivity index (χ1) is 12.2. The first-order valence-corrected chi connectivity index (χ1v) is 9.15. The van der Waals surface area contributed by atoms with Gasteiger partial charge in [-0.05, 0) is 42.0 Å². The maximum Gasteiger partial charge on any atom is 0.263 e. The number of carbonyl (C=O) groups is 2. The van der Waals surface area contributed by atoms with Crippen LogP contribution in [0.3, 0.4) is 0 Å². The van der Waals surface area contributed by atoms with Crippen molar-refractivity contribution in [3.8, 4) is 6.07 Å². The first kappa shape index (κ1) is 17.2. The summed E-state index contributed by atoms with van der Waals surface area (Å²) in [6, 6.07) is 13.0. The van der Waals surface area contributed by atoms with E-state index in [1.807, 2.05) is 34.5 Å². The molecule has 0 aliphatic carbocycles. The zero-order chi connectivity index (χ0) is 17.6. The van der Waals surface area contributed by atoms with E-state index in [2.05, 4.69) is 11.4 Å². The molecule has 0 saturated carbocycles. The minimum atomic E-state index is -0.0502. The van der Waals surface area contributed by atoms with Crippen LogP contribution in [0.15, 0.2) is 41.8 Å². The Labute approximate surface area is 150 Å². The van der Waals surface area contributed by atoms with Gasteiger partial charge in [0, 0.05) is 25.6 Å². The van der Waals surface area contributed by atoms with Gasteiger partial charge in [0.2, 0.25) is 5.91 Å². The summed E-state index contributed by atoms with van der Waals surface area (Å²) < 4.78 is 0. The van der Waals surface area contributed by atoms with Crippen molar-refractivity contribution in [1.29, 1.82) is 5.26 Å². The molecule has 0 spiro atoms. The first-order valence-electron chi connectivity index (χ1n) is 8.27. The Hall–Kier alpha value is -2.65. The average Bonchev–Trinajstić information content (AvgIpc) is 3.21. The fourth-order valence-electron chi connectivity index (χ4n) is 2.93. The number of nitriles is 1. The van der Waals surface area contributed by atoms with E-state index in [4.69, 9.17) is 5.26 Å². The number of hydrogen-bond donors (Lipinski definition) is 1. The summed E-state index contributed by atoms with van der Waals surface area (Å²) in [6.07, 6.45) is 1.38. The van der Waals surface area contributed by atoms with Gasteiger partial charge in [0.15, 0.2) is 0 Å². The molecule has 25 heavy (non-hydrogen) atoms. The summed E-state index contributed by atoms with van der Waals surface area (Å²) in [5, 5.41) is 13.6. The van der Waals surface area contributed by atoms with Crippen LogP contribution in [0, 0.1) is 17.2 Å². The molecule has 3 rings (SSSR count). The Balaban J connectivity index is 1.46. The lowest BCUT2D eigenvalue weighted by Gasteiger charge is -2.31. The normalized spacial score (nSPS) is 14.8. The molecule has 1 aromatic carbocycles. The second-order valence-corrected chi connectivity index (χ2v) is 7.02. The molecular weight excluding hydrogens is 334 g/mol. The van der Waals surface area contributed by atoms with E-state index in [1.54, 1.807) is 12.1 Å². The number of amides is 2. The van der Waals surface area contributed by atoms with Crippen LogP contribution in [0.25, 0.3) is 0 Å². The van der Waals surface area contributed by atoms with Crippen molar-refractivity contribution in [3.63, 3.8) is 0 Å². The third-order valence-electron chi connectivity index (χ3n) is 4.43. The van der Waals surface area contributed by atoms with Crippen molar-refractivity contribution in [2.45, 2.75) is 19.4 Å². The SMILES string of the molecule is N#Cc1ccc(CNC(=O)C2CCN(C(=O)c3cccs3)CC2)cc1. The maximum absolute atomic E-state index is 12.3. The van der Waals surface area contributed by atoms with Crippen LogP contribution in [0.2, 0.25) is 0 Å². The zero-order valence-electron chi connectivity index (χ0n) is 13.8. The molecule has 1 fully saturated rings. The lowest BCUT2D eigenvalue weighted by atomic mass is 9.95. The number of likely N-dealkylation sites (tertiary alicyclic amines) is 1. The molecule has 0 unspecified atom stereocenters. The molecule has 1 aromatic heterocycles. The van der Waals surface area contributed by atoms with Crippen LogP contribution in [0.4, 0.5) is 0 Å². The van der Waals surface area contributed by atoms with Gasteiger partial charge < -0.3 is 10.2 Å². The van der Waals surface area contributed by atoms with Gasteiger partial charge in [-0.2, -0.15) is 5.26 Å². The predicted octanol–water partition coefficient (Wildman–Crippen LogP) is 2.79. The zero-order valence-corrected chi connectivity index (χ0v) is 14.6. The lowest BCUT2D eigenvalue weighted by Crippen LogP contribution is -2.42. The third kappa shape index (κ3) is 4.25. The van der Waals surface area contributed by atoms with Crippen molar-refractivity contribution in [1.82, 2.24) is 10.2 Å². The van der Waals surface area contributed by atoms with Gasteiger partial charge in [0.05, 0.1) is 16.5 Å². The van der Waals surface area contributed by atoms with Crippen molar-refractivity contribution in [2.24, 2.45) is 5.92 Å². The Kier molecular flexibility index (Phi) is 5.46. The standard InChI is InChI=1S/C19H19N3O2S/c20-12-14-3-5-15(6-4-14)13-21-18(23)16-7-9-22(10-8-16)19(24)17-2-1-11-25-17/h1-6,11,16H,7-10,13H2,(H,21,23). The van der Waals surface area contributed by atoms with E-state index >= 15 is 0 Å². The van der Waals surface area contributed by atoms with E-state index in [9.17, 15) is 9.59 Å². The molecule has 1 N–H and O–H groups in total. The number of nitrogens with one attached hydrogen (secondary N) is 1. The number of thiophene rings is 1. The van der Waals surface area contributed by atoms with Gasteiger partial charge in [0.1, 0.15) is 0 Å². The molecule has 1 aliphatic heterocycles. The number of carbonyl (C=O) groups excluding carboxylic acids is 2. The number of piperidine rings is 1. The smallest absolute Gasteiger partial charge is 0.263 e. The largest absolute Gasteiger partial charge is 0.352 e. The van der Waals surface area contributed by atoms with E-state index in [0.717, 1.165) is 10.4 Å². The van der Waals surface area contributed by atoms with Crippen molar-refractivity contribution in [3.05, 3.63) is 57.8 Å². The summed E-state index contributed by atoms with van der Waals surface area (Å²) in [4.78, 5) is 27.2. The van der Waals surface area contributed by atoms with E-state index in [-0.39, 0.29) is 17.7 Å². The fourth-order valence-corrected chi connectivity index (χ4v) is 3.62. The Morgan fingerprint density at radius 2 is 1.92 bits per heavy atom. The highest BCUT2D eigenvalue weighted by molar-refractivity contribution is 7.12. The second kappa shape index (κ2) is 7.95. The maximum atomic E-state index is 12.3. The Morgan fingerprint density at radius 1 is 1.20 bits per heavy atom. The third-order valence-corrected chi connectivity index (χ3v) is 5.29. The van der Waals surface area contributed by atoms with E-state index in [0.29, 0.717) is 38.0 Å². The highest BCUT2D eigenvalue weighted by Gasteiger charge is 2.27. The fraction of sp³-hybridized carbons (Fsp3) is 0.316. The van der Waals surface area contributed by atoms with Crippen LogP contribution in [0.5, 0.6) is 0 Å². The molecule has 0 atom stereocenters. The van der Waals surface area contributed by atoms with Crippen LogP contribution < -0.4 is 5.32 Å². The van der Waals surface area contributed by atoms with Gasteiger partial charge in [-0.15, -0.1) is 11.3 Å². The molecule has 0 bridgehead atoms. The summed E-state index contributed by atoms with van der Waals surface area (Å²) in [5.41, 5.74) is 1.58. The van der Waals surface area contributed by atoms with E-state index in [1.165, 1.54) is 11.3 Å². The van der Waals surface area contributed by atoms with Gasteiger partial charge >= 0.3 is 0 Å². The summed E-state index contributed by atoms with van der Waals surface area (Å²) in [6.45, 7) is 1.69. The van der Waals surface area contributed by atoms with Crippen molar-refractivity contribution < 1.29 is 9.59 Å². The molecule has 2 amide bonds. The van der Waals surface area contributed by atoms with Crippen LogP contribution in [0.1, 0.15) is 33.6 Å². The predicted molar refractivity (Wildman–Crippen MR) is 96.0 cm³/mol. The molecule has 0 radical (unpaired) electrons. The average molecular weight is 353 g/mol. The highest BCUT2D eigenvalue weighted by Crippen LogP contribution is 2.21. The summed E-state index contributed by atoms with van der Waals surface area (Å²) >= 11 is 1.45. The molecular formula is C19H19N3O2S. The van der Waals surface area contributed by atoms with Crippen LogP contribution >= 0.6 is 11.3 Å². The molecule has 6 heteroatoms. The Morgan fingerprint density at radius 3 is 2.52 bits per heavy atom. The lowest BCUT2D eigenvalue weighted by molar-refractivity contribution is -0.126. The van der Waals surface area contributed by atoms with E-state index < -0.39 is 0 Å². The minimum absolute atomic E-state index is 0.0348. The molecule has 1 saturated heterocycles. The van der Waals surface area contributed by atoms with Crippen LogP contribution in [-0.2, 0) is 11.3 Å². The highest BCUT2D eigenvalue weighted by atomic mass is 32.1. The second-order valence-electron chi connectivity index (χ2n) is 6.07. The van der Waals surface area contributed by atoms with Crippen molar-refractivity contribution in [2.75, 3.05) is 13.1 Å². The van der Waals surface area contributed by atoms with Crippen LogP contribution in [-0.4, -0.2) is 29.8 Å². The molecule has 5 nitrogen and oxygen atoms in total. The molecule has 128 valence electrons. The summed E-state index contributed by atoms with van der Waals surface area (Å²) in [5.74, 6) is 0.0461. The minimum Gasteiger partial charge on any atom is -0.352 e. The van der Waals surface area contributed by atoms with Gasteiger partial charge in [-0.3, -0.25) is 9.59 Å². The number of nitrogens with zero attached hydrogens (tertiary/aromatic N) is 2. The molecule has 2 heterocycles. The summed E-state index contributed by atoms with van der Waals surface area (Å²) in [7, 11) is 0. The molecule has 2 aromatic rings. The quantitative estimate of drug-likeness (QED) is 0.918.